The number of rotatable bonds is 7. The summed E-state index contributed by atoms with van der Waals surface area (Å²) >= 11 is 0. The summed E-state index contributed by atoms with van der Waals surface area (Å²) in [5.41, 5.74) is 6.91. The maximum absolute atomic E-state index is 12.8. The van der Waals surface area contributed by atoms with E-state index in [1.165, 1.54) is 12.3 Å². The third-order valence-electron chi connectivity index (χ3n) is 4.57. The minimum Gasteiger partial charge on any atom is -0.459 e. The van der Waals surface area contributed by atoms with Gasteiger partial charge in [0.05, 0.1) is 6.26 Å². The number of nitrogens with zero attached hydrogens (tertiary/aromatic N) is 1. The lowest BCUT2D eigenvalue weighted by atomic mass is 10.1. The average Bonchev–Trinajstić information content (AvgIpc) is 3.32. The highest BCUT2D eigenvalue weighted by atomic mass is 16.3. The Labute approximate surface area is 180 Å². The molecule has 8 heteroatoms. The molecule has 3 amide bonds. The summed E-state index contributed by atoms with van der Waals surface area (Å²) in [6.07, 6.45) is 1.62. The van der Waals surface area contributed by atoms with Crippen LogP contribution in [0.4, 0.5) is 5.69 Å². The van der Waals surface area contributed by atoms with Crippen LogP contribution in [0.5, 0.6) is 0 Å². The number of amides is 3. The number of nitrogens with one attached hydrogen (secondary N) is 3. The number of benzene rings is 2. The third-order valence-corrected chi connectivity index (χ3v) is 4.57. The zero-order chi connectivity index (χ0) is 22.2. The molecule has 160 valence electrons. The molecule has 0 spiro atoms. The molecule has 0 saturated heterocycles. The topological polar surface area (TPSA) is 104 Å². The molecular weight excluding hydrogens is 396 g/mol. The molecule has 1 atom stereocenters. The highest BCUT2D eigenvalue weighted by Gasteiger charge is 2.23. The largest absolute Gasteiger partial charge is 0.459 e. The van der Waals surface area contributed by atoms with Crippen molar-refractivity contribution in [1.82, 2.24) is 16.2 Å². The third kappa shape index (κ3) is 5.96. The second kappa shape index (κ2) is 10.1. The zero-order valence-electron chi connectivity index (χ0n) is 17.3. The van der Waals surface area contributed by atoms with Crippen LogP contribution in [-0.2, 0) is 11.2 Å². The van der Waals surface area contributed by atoms with Crippen LogP contribution in [0.15, 0.2) is 77.4 Å². The molecule has 0 fully saturated rings. The highest BCUT2D eigenvalue weighted by molar-refractivity contribution is 5.98. The van der Waals surface area contributed by atoms with Crippen LogP contribution in [-0.4, -0.2) is 37.9 Å². The van der Waals surface area contributed by atoms with E-state index in [0.29, 0.717) is 5.56 Å². The number of furan rings is 1. The van der Waals surface area contributed by atoms with Crippen molar-refractivity contribution < 1.29 is 18.8 Å². The van der Waals surface area contributed by atoms with E-state index >= 15 is 0 Å². The average molecular weight is 420 g/mol. The Balaban J connectivity index is 1.68. The molecule has 31 heavy (non-hydrogen) atoms. The van der Waals surface area contributed by atoms with Gasteiger partial charge >= 0.3 is 0 Å². The van der Waals surface area contributed by atoms with E-state index in [-0.39, 0.29) is 12.2 Å². The second-order valence-electron chi connectivity index (χ2n) is 7.08. The van der Waals surface area contributed by atoms with Crippen molar-refractivity contribution in [2.45, 2.75) is 12.5 Å². The number of hydrogen-bond acceptors (Lipinski definition) is 5. The minimum absolute atomic E-state index is 0.0930. The number of hydrogen-bond donors (Lipinski definition) is 3. The smallest absolute Gasteiger partial charge is 0.287 e. The molecule has 0 aliphatic heterocycles. The Morgan fingerprint density at radius 2 is 1.68 bits per heavy atom. The molecular formula is C23H24N4O4. The zero-order valence-corrected chi connectivity index (χ0v) is 17.3. The Kier molecular flexibility index (Phi) is 7.05. The Hall–Kier alpha value is -4.07. The van der Waals surface area contributed by atoms with Crippen molar-refractivity contribution >= 4 is 23.4 Å². The predicted octanol–water partition coefficient (Wildman–Crippen LogP) is 2.15. The van der Waals surface area contributed by atoms with Gasteiger partial charge in [-0.15, -0.1) is 0 Å². The van der Waals surface area contributed by atoms with Crippen LogP contribution in [0.2, 0.25) is 0 Å². The van der Waals surface area contributed by atoms with Gasteiger partial charge in [0, 0.05) is 31.8 Å². The van der Waals surface area contributed by atoms with Crippen molar-refractivity contribution in [2.24, 2.45) is 0 Å². The second-order valence-corrected chi connectivity index (χ2v) is 7.08. The summed E-state index contributed by atoms with van der Waals surface area (Å²) in [6, 6.07) is 18.4. The highest BCUT2D eigenvalue weighted by Crippen LogP contribution is 2.13. The van der Waals surface area contributed by atoms with Crippen LogP contribution in [0.1, 0.15) is 26.5 Å². The van der Waals surface area contributed by atoms with Crippen LogP contribution >= 0.6 is 0 Å². The van der Waals surface area contributed by atoms with Gasteiger partial charge in [0.1, 0.15) is 6.04 Å². The number of carbonyl (C=O) groups excluding carboxylic acids is 3. The van der Waals surface area contributed by atoms with Gasteiger partial charge in [-0.1, -0.05) is 36.4 Å². The predicted molar refractivity (Wildman–Crippen MR) is 116 cm³/mol. The van der Waals surface area contributed by atoms with Gasteiger partial charge in [-0.05, 0) is 35.9 Å². The fraction of sp³-hybridized carbons (Fsp3) is 0.174. The molecule has 3 aromatic rings. The molecule has 0 aliphatic rings. The Bertz CT molecular complexity index is 1030. The first-order chi connectivity index (χ1) is 14.9. The van der Waals surface area contributed by atoms with Gasteiger partial charge in [0.15, 0.2) is 5.76 Å². The van der Waals surface area contributed by atoms with E-state index < -0.39 is 23.8 Å². The van der Waals surface area contributed by atoms with Gasteiger partial charge in [-0.25, -0.2) is 0 Å². The lowest BCUT2D eigenvalue weighted by Crippen LogP contribution is -2.53. The first kappa shape index (κ1) is 21.6. The van der Waals surface area contributed by atoms with Gasteiger partial charge < -0.3 is 14.6 Å². The molecule has 0 aliphatic carbocycles. The molecule has 3 N–H and O–H groups in total. The fourth-order valence-corrected chi connectivity index (χ4v) is 2.90. The molecule has 0 bridgehead atoms. The van der Waals surface area contributed by atoms with E-state index in [4.69, 9.17) is 4.42 Å². The molecule has 3 rings (SSSR count). The maximum Gasteiger partial charge on any atom is 0.287 e. The van der Waals surface area contributed by atoms with Crippen molar-refractivity contribution in [1.29, 1.82) is 0 Å². The van der Waals surface area contributed by atoms with Crippen molar-refractivity contribution in [2.75, 3.05) is 19.0 Å². The first-order valence-corrected chi connectivity index (χ1v) is 9.70. The summed E-state index contributed by atoms with van der Waals surface area (Å²) in [5, 5.41) is 2.65. The molecule has 0 saturated carbocycles. The maximum atomic E-state index is 12.8. The van der Waals surface area contributed by atoms with E-state index in [1.54, 1.807) is 24.3 Å². The van der Waals surface area contributed by atoms with E-state index in [0.717, 1.165) is 11.3 Å². The van der Waals surface area contributed by atoms with Crippen LogP contribution in [0.25, 0.3) is 0 Å². The summed E-state index contributed by atoms with van der Waals surface area (Å²) in [6.45, 7) is 0. The summed E-state index contributed by atoms with van der Waals surface area (Å²) < 4.78 is 5.10. The fourth-order valence-electron chi connectivity index (χ4n) is 2.90. The standard InChI is InChI=1S/C23H24N4O4/c1-27(2)18-11-6-10-17(15-18)21(28)25-26-22(29)19(14-16-8-4-3-5-9-16)24-23(30)20-12-7-13-31-20/h3-13,15,19H,14H2,1-2H3,(H,24,30)(H,25,28)(H,26,29). The van der Waals surface area contributed by atoms with Gasteiger partial charge in [-0.2, -0.15) is 0 Å². The number of carbonyl (C=O) groups is 3. The molecule has 1 heterocycles. The summed E-state index contributed by atoms with van der Waals surface area (Å²) in [7, 11) is 3.74. The van der Waals surface area contributed by atoms with Gasteiger partial charge in [0.25, 0.3) is 17.7 Å². The first-order valence-electron chi connectivity index (χ1n) is 9.70. The SMILES string of the molecule is CN(C)c1cccc(C(=O)NNC(=O)C(Cc2ccccc2)NC(=O)c2ccco2)c1. The normalized spacial score (nSPS) is 11.3. The van der Waals surface area contributed by atoms with E-state index in [1.807, 2.05) is 55.4 Å². The molecule has 1 unspecified atom stereocenters. The molecule has 1 aromatic heterocycles. The Morgan fingerprint density at radius 3 is 2.35 bits per heavy atom. The monoisotopic (exact) mass is 420 g/mol. The van der Waals surface area contributed by atoms with Crippen molar-refractivity contribution in [3.05, 3.63) is 89.9 Å². The molecule has 8 nitrogen and oxygen atoms in total. The van der Waals surface area contributed by atoms with Crippen LogP contribution < -0.4 is 21.1 Å². The lowest BCUT2D eigenvalue weighted by Gasteiger charge is -2.19. The minimum atomic E-state index is -0.923. The Morgan fingerprint density at radius 1 is 0.903 bits per heavy atom. The quantitative estimate of drug-likeness (QED) is 0.508. The van der Waals surface area contributed by atoms with E-state index in [2.05, 4.69) is 16.2 Å². The number of hydrazine groups is 1. The van der Waals surface area contributed by atoms with Crippen LogP contribution in [0.3, 0.4) is 0 Å². The summed E-state index contributed by atoms with van der Waals surface area (Å²) in [4.78, 5) is 39.5. The lowest BCUT2D eigenvalue weighted by molar-refractivity contribution is -0.123. The van der Waals surface area contributed by atoms with Gasteiger partial charge in [0.2, 0.25) is 0 Å². The van der Waals surface area contributed by atoms with E-state index in [9.17, 15) is 14.4 Å². The molecule has 0 radical (unpaired) electrons. The molecule has 2 aromatic carbocycles. The van der Waals surface area contributed by atoms with Crippen molar-refractivity contribution in [3.63, 3.8) is 0 Å². The number of anilines is 1. The van der Waals surface area contributed by atoms with Crippen LogP contribution in [0, 0.1) is 0 Å². The van der Waals surface area contributed by atoms with Gasteiger partial charge in [-0.3, -0.25) is 25.2 Å². The van der Waals surface area contributed by atoms with Crippen molar-refractivity contribution in [3.8, 4) is 0 Å². The summed E-state index contributed by atoms with van der Waals surface area (Å²) in [5.74, 6) is -1.45.